The van der Waals surface area contributed by atoms with Crippen LogP contribution in [-0.4, -0.2) is 28.8 Å². The molecule has 2 heterocycles. The number of aromatic amines is 1. The standard InChI is InChI=1S/C22H28N2O4/c1-5-7-22(10-18(25)26)21-17(6-8-28-22)19-15(11-23)9-16(12-27-13(2)3)14(4)20(19)24-21/h9,13,24H,5-8,10,12H2,1-4H3,(H,25,26). The summed E-state index contributed by atoms with van der Waals surface area (Å²) in [6.45, 7) is 8.89. The van der Waals surface area contributed by atoms with Crippen molar-refractivity contribution in [2.75, 3.05) is 6.61 Å². The van der Waals surface area contributed by atoms with Crippen LogP contribution in [0.4, 0.5) is 0 Å². The van der Waals surface area contributed by atoms with Gasteiger partial charge in [-0.15, -0.1) is 0 Å². The molecule has 28 heavy (non-hydrogen) atoms. The third-order valence-electron chi connectivity index (χ3n) is 5.52. The van der Waals surface area contributed by atoms with Crippen LogP contribution in [0.3, 0.4) is 0 Å². The fraction of sp³-hybridized carbons (Fsp3) is 0.545. The number of rotatable bonds is 7. The zero-order chi connectivity index (χ0) is 20.5. The Hall–Kier alpha value is -2.36. The Kier molecular flexibility index (Phi) is 5.78. The first-order valence-electron chi connectivity index (χ1n) is 9.88. The summed E-state index contributed by atoms with van der Waals surface area (Å²) in [7, 11) is 0. The predicted octanol–water partition coefficient (Wildman–Crippen LogP) is 4.32. The Balaban J connectivity index is 2.23. The Morgan fingerprint density at radius 1 is 1.50 bits per heavy atom. The van der Waals surface area contributed by atoms with Crippen molar-refractivity contribution in [2.24, 2.45) is 0 Å². The first-order valence-corrected chi connectivity index (χ1v) is 9.88. The van der Waals surface area contributed by atoms with E-state index in [4.69, 9.17) is 9.47 Å². The topological polar surface area (TPSA) is 95.3 Å². The van der Waals surface area contributed by atoms with Crippen LogP contribution >= 0.6 is 0 Å². The second-order valence-corrected chi connectivity index (χ2v) is 7.82. The number of nitrogens with one attached hydrogen (secondary N) is 1. The van der Waals surface area contributed by atoms with E-state index < -0.39 is 11.6 Å². The van der Waals surface area contributed by atoms with E-state index in [1.54, 1.807) is 0 Å². The maximum Gasteiger partial charge on any atom is 0.306 e. The summed E-state index contributed by atoms with van der Waals surface area (Å²) in [6, 6.07) is 4.23. The molecule has 0 fully saturated rings. The summed E-state index contributed by atoms with van der Waals surface area (Å²) in [6.07, 6.45) is 2.09. The van der Waals surface area contributed by atoms with Crippen LogP contribution in [0, 0.1) is 18.3 Å². The van der Waals surface area contributed by atoms with E-state index in [0.29, 0.717) is 31.6 Å². The van der Waals surface area contributed by atoms with Gasteiger partial charge in [-0.05, 0) is 56.4 Å². The first kappa shape index (κ1) is 20.4. The van der Waals surface area contributed by atoms with Crippen molar-refractivity contribution in [1.82, 2.24) is 4.98 Å². The molecule has 0 bridgehead atoms. The van der Waals surface area contributed by atoms with Crippen LogP contribution in [0.15, 0.2) is 6.07 Å². The molecule has 0 radical (unpaired) electrons. The molecule has 1 unspecified atom stereocenters. The minimum Gasteiger partial charge on any atom is -0.481 e. The average Bonchev–Trinajstić information content (AvgIpc) is 3.03. The van der Waals surface area contributed by atoms with Gasteiger partial charge in [0, 0.05) is 5.39 Å². The van der Waals surface area contributed by atoms with Crippen LogP contribution in [0.1, 0.15) is 68.0 Å². The van der Waals surface area contributed by atoms with E-state index in [9.17, 15) is 15.2 Å². The number of carboxylic acids is 1. The third-order valence-corrected chi connectivity index (χ3v) is 5.52. The molecule has 1 atom stereocenters. The second-order valence-electron chi connectivity index (χ2n) is 7.82. The number of carboxylic acid groups (broad SMARTS) is 1. The van der Waals surface area contributed by atoms with Crippen molar-refractivity contribution in [3.63, 3.8) is 0 Å². The van der Waals surface area contributed by atoms with Crippen LogP contribution < -0.4 is 0 Å². The minimum atomic E-state index is -0.886. The molecule has 6 heteroatoms. The summed E-state index contributed by atoms with van der Waals surface area (Å²) in [5.41, 5.74) is 4.46. The number of hydrogen-bond donors (Lipinski definition) is 2. The van der Waals surface area contributed by atoms with Gasteiger partial charge in [0.25, 0.3) is 0 Å². The largest absolute Gasteiger partial charge is 0.481 e. The molecule has 0 saturated heterocycles. The number of ether oxygens (including phenoxy) is 2. The molecule has 2 N–H and O–H groups in total. The summed E-state index contributed by atoms with van der Waals surface area (Å²) in [5.74, 6) is -0.886. The van der Waals surface area contributed by atoms with Gasteiger partial charge in [-0.2, -0.15) is 5.26 Å². The molecular weight excluding hydrogens is 356 g/mol. The third kappa shape index (κ3) is 3.52. The molecule has 150 valence electrons. The summed E-state index contributed by atoms with van der Waals surface area (Å²) in [5, 5.41) is 20.2. The smallest absolute Gasteiger partial charge is 0.306 e. The number of hydrogen-bond acceptors (Lipinski definition) is 4. The highest BCUT2D eigenvalue weighted by molar-refractivity contribution is 5.94. The summed E-state index contributed by atoms with van der Waals surface area (Å²) >= 11 is 0. The molecular formula is C22H28N2O4. The second kappa shape index (κ2) is 7.94. The molecule has 0 aliphatic carbocycles. The number of nitrogens with zero attached hydrogens (tertiary/aromatic N) is 1. The zero-order valence-corrected chi connectivity index (χ0v) is 17.0. The Morgan fingerprint density at radius 3 is 2.86 bits per heavy atom. The van der Waals surface area contributed by atoms with E-state index >= 15 is 0 Å². The molecule has 0 spiro atoms. The molecule has 0 saturated carbocycles. The van der Waals surface area contributed by atoms with Crippen molar-refractivity contribution in [3.8, 4) is 6.07 Å². The lowest BCUT2D eigenvalue weighted by molar-refractivity contribution is -0.149. The monoisotopic (exact) mass is 384 g/mol. The number of nitriles is 1. The predicted molar refractivity (Wildman–Crippen MR) is 106 cm³/mol. The summed E-state index contributed by atoms with van der Waals surface area (Å²) in [4.78, 5) is 15.1. The van der Waals surface area contributed by atoms with Gasteiger partial charge < -0.3 is 19.6 Å². The Morgan fingerprint density at radius 2 is 2.25 bits per heavy atom. The van der Waals surface area contributed by atoms with Gasteiger partial charge in [-0.3, -0.25) is 4.79 Å². The number of fused-ring (bicyclic) bond motifs is 3. The molecule has 2 aromatic rings. The van der Waals surface area contributed by atoms with Crippen LogP contribution in [0.2, 0.25) is 0 Å². The molecule has 0 amide bonds. The maximum atomic E-state index is 11.6. The van der Waals surface area contributed by atoms with Gasteiger partial charge >= 0.3 is 5.97 Å². The lowest BCUT2D eigenvalue weighted by Gasteiger charge is -2.36. The SMILES string of the molecule is CCCC1(CC(=O)O)OCCc2c1[nH]c1c(C)c(COC(C)C)cc(C#N)c21. The Labute approximate surface area is 165 Å². The lowest BCUT2D eigenvalue weighted by Crippen LogP contribution is -2.37. The van der Waals surface area contributed by atoms with Crippen LogP contribution in [-0.2, 0) is 32.9 Å². The molecule has 3 rings (SSSR count). The fourth-order valence-electron chi connectivity index (χ4n) is 4.26. The van der Waals surface area contributed by atoms with E-state index in [1.807, 2.05) is 33.8 Å². The molecule has 1 aliphatic heterocycles. The highest BCUT2D eigenvalue weighted by atomic mass is 16.5. The molecule has 1 aliphatic rings. The zero-order valence-electron chi connectivity index (χ0n) is 17.0. The maximum absolute atomic E-state index is 11.6. The fourth-order valence-corrected chi connectivity index (χ4v) is 4.26. The van der Waals surface area contributed by atoms with E-state index in [0.717, 1.165) is 39.7 Å². The van der Waals surface area contributed by atoms with Crippen molar-refractivity contribution in [3.05, 3.63) is 34.0 Å². The highest BCUT2D eigenvalue weighted by Crippen LogP contribution is 2.44. The van der Waals surface area contributed by atoms with Crippen molar-refractivity contribution < 1.29 is 19.4 Å². The molecule has 1 aromatic carbocycles. The van der Waals surface area contributed by atoms with Crippen LogP contribution in [0.5, 0.6) is 0 Å². The minimum absolute atomic E-state index is 0.0923. The van der Waals surface area contributed by atoms with E-state index in [-0.39, 0.29) is 12.5 Å². The number of H-pyrrole nitrogens is 1. The van der Waals surface area contributed by atoms with E-state index in [2.05, 4.69) is 11.1 Å². The summed E-state index contributed by atoms with van der Waals surface area (Å²) < 4.78 is 11.8. The van der Waals surface area contributed by atoms with Gasteiger partial charge in [0.15, 0.2) is 0 Å². The number of aromatic nitrogens is 1. The van der Waals surface area contributed by atoms with Crippen molar-refractivity contribution in [2.45, 2.75) is 71.7 Å². The van der Waals surface area contributed by atoms with Gasteiger partial charge in [0.05, 0.1) is 48.6 Å². The van der Waals surface area contributed by atoms with Crippen LogP contribution in [0.25, 0.3) is 10.9 Å². The molecule has 6 nitrogen and oxygen atoms in total. The lowest BCUT2D eigenvalue weighted by atomic mass is 9.84. The van der Waals surface area contributed by atoms with Crippen molar-refractivity contribution in [1.29, 1.82) is 5.26 Å². The van der Waals surface area contributed by atoms with E-state index in [1.165, 1.54) is 0 Å². The average molecular weight is 384 g/mol. The van der Waals surface area contributed by atoms with Crippen molar-refractivity contribution >= 4 is 16.9 Å². The highest BCUT2D eigenvalue weighted by Gasteiger charge is 2.42. The quantitative estimate of drug-likeness (QED) is 0.741. The number of aliphatic carboxylic acids is 1. The normalized spacial score (nSPS) is 19.0. The molecule has 1 aromatic heterocycles. The van der Waals surface area contributed by atoms with Gasteiger partial charge in [0.1, 0.15) is 5.60 Å². The number of carbonyl (C=O) groups is 1. The van der Waals surface area contributed by atoms with Gasteiger partial charge in [-0.1, -0.05) is 13.3 Å². The Bertz CT molecular complexity index is 938. The van der Waals surface area contributed by atoms with Gasteiger partial charge in [-0.25, -0.2) is 0 Å². The number of benzene rings is 1. The first-order chi connectivity index (χ1) is 13.3. The van der Waals surface area contributed by atoms with Gasteiger partial charge in [0.2, 0.25) is 0 Å². The number of aryl methyl sites for hydroxylation is 1.